The minimum atomic E-state index is -0.268. The summed E-state index contributed by atoms with van der Waals surface area (Å²) in [6.45, 7) is 2.36. The zero-order valence-electron chi connectivity index (χ0n) is 9.88. The molecule has 0 atom stereocenters. The first-order valence-corrected chi connectivity index (χ1v) is 5.90. The van der Waals surface area contributed by atoms with Gasteiger partial charge in [0.15, 0.2) is 5.82 Å². The Kier molecular flexibility index (Phi) is 2.62. The molecule has 94 valence electrons. The van der Waals surface area contributed by atoms with Crippen LogP contribution in [0.15, 0.2) is 24.8 Å². The third-order valence-electron chi connectivity index (χ3n) is 3.29. The molecule has 1 aromatic heterocycles. The zero-order valence-corrected chi connectivity index (χ0v) is 9.88. The number of hydrogen-bond acceptors (Lipinski definition) is 4. The van der Waals surface area contributed by atoms with Crippen LogP contribution >= 0.6 is 0 Å². The molecule has 0 amide bonds. The highest BCUT2D eigenvalue weighted by Crippen LogP contribution is 2.32. The average molecular weight is 247 g/mol. The Hall–Kier alpha value is -2.11. The highest BCUT2D eigenvalue weighted by atomic mass is 19.1. The van der Waals surface area contributed by atoms with Gasteiger partial charge in [0.1, 0.15) is 12.7 Å². The zero-order chi connectivity index (χ0) is 12.5. The minimum absolute atomic E-state index is 0.229. The van der Waals surface area contributed by atoms with E-state index in [-0.39, 0.29) is 11.5 Å². The van der Waals surface area contributed by atoms with Crippen LogP contribution < -0.4 is 10.6 Å². The lowest BCUT2D eigenvalue weighted by Gasteiger charge is -2.19. The van der Waals surface area contributed by atoms with Gasteiger partial charge in [-0.2, -0.15) is 5.10 Å². The number of benzene rings is 1. The Balaban J connectivity index is 1.77. The van der Waals surface area contributed by atoms with Gasteiger partial charge < -0.3 is 10.6 Å². The van der Waals surface area contributed by atoms with Crippen LogP contribution in [0.3, 0.4) is 0 Å². The number of halogens is 1. The molecule has 1 aromatic carbocycles. The maximum Gasteiger partial charge on any atom is 0.151 e. The second-order valence-corrected chi connectivity index (χ2v) is 4.36. The van der Waals surface area contributed by atoms with E-state index in [1.54, 1.807) is 17.1 Å². The number of fused-ring (bicyclic) bond motifs is 1. The minimum Gasteiger partial charge on any atom is -0.396 e. The summed E-state index contributed by atoms with van der Waals surface area (Å²) in [7, 11) is 0. The summed E-state index contributed by atoms with van der Waals surface area (Å²) < 4.78 is 15.6. The topological polar surface area (TPSA) is 60.0 Å². The van der Waals surface area contributed by atoms with Gasteiger partial charge in [-0.3, -0.25) is 4.68 Å². The highest BCUT2D eigenvalue weighted by molar-refractivity contribution is 5.63. The number of rotatable bonds is 3. The molecule has 0 bridgehead atoms. The van der Waals surface area contributed by atoms with Crippen LogP contribution in [0.4, 0.5) is 15.8 Å². The lowest BCUT2D eigenvalue weighted by atomic mass is 10.1. The molecule has 2 heterocycles. The monoisotopic (exact) mass is 247 g/mol. The standard InChI is InChI=1S/C12H14FN5/c13-12-9-3-4-17(11(9)2-1-10(12)14)5-6-18-8-15-7-16-18/h1-2,7-8H,3-6,14H2. The van der Waals surface area contributed by atoms with Gasteiger partial charge in [-0.05, 0) is 18.6 Å². The first-order chi connectivity index (χ1) is 8.75. The summed E-state index contributed by atoms with van der Waals surface area (Å²) in [5.41, 5.74) is 7.48. The van der Waals surface area contributed by atoms with E-state index in [1.807, 2.05) is 6.07 Å². The average Bonchev–Trinajstić information content (AvgIpc) is 3.00. The molecule has 0 saturated heterocycles. The fourth-order valence-electron chi connectivity index (χ4n) is 2.33. The summed E-state index contributed by atoms with van der Waals surface area (Å²) in [5, 5.41) is 4.05. The molecule has 1 aliphatic rings. The van der Waals surface area contributed by atoms with E-state index in [2.05, 4.69) is 15.0 Å². The van der Waals surface area contributed by atoms with Gasteiger partial charge in [0.25, 0.3) is 0 Å². The number of nitrogens with zero attached hydrogens (tertiary/aromatic N) is 4. The first-order valence-electron chi connectivity index (χ1n) is 5.90. The van der Waals surface area contributed by atoms with Crippen molar-refractivity contribution >= 4 is 11.4 Å². The molecule has 2 aromatic rings. The van der Waals surface area contributed by atoms with Crippen molar-refractivity contribution in [2.24, 2.45) is 0 Å². The van der Waals surface area contributed by atoms with Crippen molar-refractivity contribution in [3.63, 3.8) is 0 Å². The van der Waals surface area contributed by atoms with Gasteiger partial charge in [0, 0.05) is 24.3 Å². The Morgan fingerprint density at radius 2 is 2.22 bits per heavy atom. The maximum atomic E-state index is 13.8. The van der Waals surface area contributed by atoms with Crippen LogP contribution in [0.5, 0.6) is 0 Å². The van der Waals surface area contributed by atoms with Crippen molar-refractivity contribution in [1.82, 2.24) is 14.8 Å². The van der Waals surface area contributed by atoms with E-state index in [0.29, 0.717) is 6.42 Å². The van der Waals surface area contributed by atoms with Crippen molar-refractivity contribution in [2.75, 3.05) is 23.7 Å². The molecule has 0 aliphatic carbocycles. The summed E-state index contributed by atoms with van der Waals surface area (Å²) >= 11 is 0. The number of nitrogen functional groups attached to an aromatic ring is 1. The molecule has 0 saturated carbocycles. The summed E-state index contributed by atoms with van der Waals surface area (Å²) in [4.78, 5) is 6.05. The van der Waals surface area contributed by atoms with Crippen molar-refractivity contribution in [1.29, 1.82) is 0 Å². The Bertz CT molecular complexity index is 552. The van der Waals surface area contributed by atoms with Crippen LogP contribution in [0, 0.1) is 5.82 Å². The van der Waals surface area contributed by atoms with Crippen LogP contribution in [0.1, 0.15) is 5.56 Å². The van der Waals surface area contributed by atoms with Crippen LogP contribution in [-0.4, -0.2) is 27.9 Å². The Morgan fingerprint density at radius 1 is 1.33 bits per heavy atom. The first kappa shape index (κ1) is 11.0. The smallest absolute Gasteiger partial charge is 0.151 e. The van der Waals surface area contributed by atoms with Gasteiger partial charge in [-0.15, -0.1) is 0 Å². The summed E-state index contributed by atoms with van der Waals surface area (Å²) in [5.74, 6) is -0.268. The Labute approximate surface area is 104 Å². The van der Waals surface area contributed by atoms with Crippen LogP contribution in [0.25, 0.3) is 0 Å². The second-order valence-electron chi connectivity index (χ2n) is 4.36. The molecular weight excluding hydrogens is 233 g/mol. The molecule has 0 fully saturated rings. The third-order valence-corrected chi connectivity index (χ3v) is 3.29. The van der Waals surface area contributed by atoms with Gasteiger partial charge in [-0.1, -0.05) is 0 Å². The van der Waals surface area contributed by atoms with Crippen LogP contribution in [0.2, 0.25) is 0 Å². The quantitative estimate of drug-likeness (QED) is 0.824. The van der Waals surface area contributed by atoms with Gasteiger partial charge in [0.05, 0.1) is 12.2 Å². The molecule has 6 heteroatoms. The van der Waals surface area contributed by atoms with Gasteiger partial charge in [-0.25, -0.2) is 9.37 Å². The van der Waals surface area contributed by atoms with E-state index in [9.17, 15) is 4.39 Å². The highest BCUT2D eigenvalue weighted by Gasteiger charge is 2.23. The van der Waals surface area contributed by atoms with E-state index >= 15 is 0 Å². The lowest BCUT2D eigenvalue weighted by molar-refractivity contribution is 0.600. The number of anilines is 2. The van der Waals surface area contributed by atoms with Crippen molar-refractivity contribution < 1.29 is 4.39 Å². The van der Waals surface area contributed by atoms with E-state index in [0.717, 1.165) is 30.9 Å². The lowest BCUT2D eigenvalue weighted by Crippen LogP contribution is -2.25. The SMILES string of the molecule is Nc1ccc2c(c1F)CCN2CCn1cncn1. The van der Waals surface area contributed by atoms with Crippen molar-refractivity contribution in [2.45, 2.75) is 13.0 Å². The van der Waals surface area contributed by atoms with E-state index in [4.69, 9.17) is 5.73 Å². The third kappa shape index (κ3) is 1.79. The van der Waals surface area contributed by atoms with Crippen molar-refractivity contribution in [3.05, 3.63) is 36.2 Å². The second kappa shape index (κ2) is 4.29. The van der Waals surface area contributed by atoms with E-state index in [1.165, 1.54) is 6.33 Å². The molecule has 0 radical (unpaired) electrons. The maximum absolute atomic E-state index is 13.8. The summed E-state index contributed by atoms with van der Waals surface area (Å²) in [6, 6.07) is 3.52. The molecule has 2 N–H and O–H groups in total. The number of nitrogens with two attached hydrogens (primary N) is 1. The van der Waals surface area contributed by atoms with Gasteiger partial charge >= 0.3 is 0 Å². The molecule has 0 unspecified atom stereocenters. The normalized spacial score (nSPS) is 13.9. The predicted molar refractivity (Wildman–Crippen MR) is 66.8 cm³/mol. The van der Waals surface area contributed by atoms with Crippen LogP contribution in [-0.2, 0) is 13.0 Å². The largest absolute Gasteiger partial charge is 0.396 e. The molecule has 0 spiro atoms. The molecular formula is C12H14FN5. The summed E-state index contributed by atoms with van der Waals surface area (Å²) in [6.07, 6.45) is 3.91. The molecule has 18 heavy (non-hydrogen) atoms. The molecule has 5 nitrogen and oxygen atoms in total. The number of aromatic nitrogens is 3. The van der Waals surface area contributed by atoms with Crippen molar-refractivity contribution in [3.8, 4) is 0 Å². The fraction of sp³-hybridized carbons (Fsp3) is 0.333. The van der Waals surface area contributed by atoms with E-state index < -0.39 is 0 Å². The molecule has 1 aliphatic heterocycles. The fourth-order valence-corrected chi connectivity index (χ4v) is 2.33. The predicted octanol–water partition coefficient (Wildman–Crippen LogP) is 1.06. The Morgan fingerprint density at radius 3 is 3.00 bits per heavy atom. The molecule has 3 rings (SSSR count). The number of hydrogen-bond donors (Lipinski definition) is 1. The van der Waals surface area contributed by atoms with Gasteiger partial charge in [0.2, 0.25) is 0 Å².